The number of carbonyl (C=O) groups is 2. The van der Waals surface area contributed by atoms with Crippen molar-refractivity contribution < 1.29 is 9.59 Å². The molecule has 1 aromatic heterocycles. The van der Waals surface area contributed by atoms with Gasteiger partial charge in [-0.25, -0.2) is 0 Å². The topological polar surface area (TPSA) is 109 Å². The molecule has 0 unspecified atom stereocenters. The van der Waals surface area contributed by atoms with E-state index in [1.807, 2.05) is 36.4 Å². The monoisotopic (exact) mass is 443 g/mol. The summed E-state index contributed by atoms with van der Waals surface area (Å²) in [7, 11) is 0. The summed E-state index contributed by atoms with van der Waals surface area (Å²) in [6.45, 7) is 0.472. The van der Waals surface area contributed by atoms with Crippen LogP contribution >= 0.6 is 0 Å². The smallest absolute Gasteiger partial charge is 0.251 e. The van der Waals surface area contributed by atoms with Crippen molar-refractivity contribution in [3.8, 4) is 0 Å². The Bertz CT molecular complexity index is 1060. The van der Waals surface area contributed by atoms with Gasteiger partial charge in [-0.15, -0.1) is 0 Å². The molecule has 2 aromatic carbocycles. The number of anilines is 2. The Morgan fingerprint density at radius 2 is 1.36 bits per heavy atom. The third-order valence-electron chi connectivity index (χ3n) is 5.96. The van der Waals surface area contributed by atoms with Crippen molar-refractivity contribution in [3.05, 3.63) is 89.7 Å². The largest absolute Gasteiger partial charge is 0.399 e. The highest BCUT2D eigenvalue weighted by atomic mass is 16.2. The fourth-order valence-electron chi connectivity index (χ4n) is 4.02. The summed E-state index contributed by atoms with van der Waals surface area (Å²) in [5.74, 6) is -0.153. The average molecular weight is 444 g/mol. The molecule has 7 heteroatoms. The van der Waals surface area contributed by atoms with Gasteiger partial charge < -0.3 is 21.7 Å². The van der Waals surface area contributed by atoms with E-state index in [1.54, 1.807) is 36.7 Å². The van der Waals surface area contributed by atoms with Gasteiger partial charge in [0.2, 0.25) is 0 Å². The van der Waals surface area contributed by atoms with Crippen LogP contribution in [0.1, 0.15) is 52.0 Å². The zero-order valence-electron chi connectivity index (χ0n) is 18.5. The quantitative estimate of drug-likeness (QED) is 0.416. The summed E-state index contributed by atoms with van der Waals surface area (Å²) in [5.41, 5.74) is 9.61. The highest BCUT2D eigenvalue weighted by Gasteiger charge is 2.22. The van der Waals surface area contributed by atoms with Crippen LogP contribution in [0.15, 0.2) is 73.1 Å². The van der Waals surface area contributed by atoms with Crippen molar-refractivity contribution in [2.75, 3.05) is 11.1 Å². The number of carbonyl (C=O) groups excluding carboxylic acids is 2. The standard InChI is InChI=1S/C26H29N5O2/c27-21-5-1-20(2-6-21)26(33)31-24-11-9-23(10-12-24)30-22-7-3-19(4-8-22)25(32)29-17-18-13-15-28-16-14-18/h1-8,13-16,23-24,30H,9-12,17,27H2,(H,29,32)(H,31,33). The van der Waals surface area contributed by atoms with Gasteiger partial charge in [0.1, 0.15) is 0 Å². The molecule has 33 heavy (non-hydrogen) atoms. The maximum absolute atomic E-state index is 12.4. The summed E-state index contributed by atoms with van der Waals surface area (Å²) >= 11 is 0. The molecule has 0 spiro atoms. The average Bonchev–Trinajstić information content (AvgIpc) is 2.85. The molecule has 0 atom stereocenters. The van der Waals surface area contributed by atoms with Crippen LogP contribution in [0.5, 0.6) is 0 Å². The Morgan fingerprint density at radius 3 is 2.03 bits per heavy atom. The second-order valence-electron chi connectivity index (χ2n) is 8.40. The first kappa shape index (κ1) is 22.3. The molecule has 0 bridgehead atoms. The molecule has 1 heterocycles. The summed E-state index contributed by atoms with van der Waals surface area (Å²) in [5, 5.41) is 9.60. The molecule has 3 aromatic rings. The number of rotatable bonds is 7. The minimum Gasteiger partial charge on any atom is -0.399 e. The van der Waals surface area contributed by atoms with Gasteiger partial charge in [-0.1, -0.05) is 0 Å². The molecule has 2 amide bonds. The number of benzene rings is 2. The van der Waals surface area contributed by atoms with E-state index in [-0.39, 0.29) is 17.9 Å². The Balaban J connectivity index is 1.21. The molecule has 1 aliphatic carbocycles. The zero-order valence-corrected chi connectivity index (χ0v) is 18.5. The second kappa shape index (κ2) is 10.6. The van der Waals surface area contributed by atoms with Crippen molar-refractivity contribution in [2.24, 2.45) is 0 Å². The molecule has 0 radical (unpaired) electrons. The molecule has 5 N–H and O–H groups in total. The van der Waals surface area contributed by atoms with Crippen LogP contribution in [0.4, 0.5) is 11.4 Å². The maximum atomic E-state index is 12.4. The summed E-state index contributed by atoms with van der Waals surface area (Å²) in [4.78, 5) is 28.8. The van der Waals surface area contributed by atoms with Crippen LogP contribution < -0.4 is 21.7 Å². The van der Waals surface area contributed by atoms with E-state index in [1.165, 1.54) is 0 Å². The number of hydrogen-bond donors (Lipinski definition) is 4. The summed E-state index contributed by atoms with van der Waals surface area (Å²) in [6.07, 6.45) is 7.22. The fraction of sp³-hybridized carbons (Fsp3) is 0.269. The zero-order chi connectivity index (χ0) is 23.0. The van der Waals surface area contributed by atoms with Gasteiger partial charge in [0, 0.05) is 53.5 Å². The van der Waals surface area contributed by atoms with E-state index >= 15 is 0 Å². The third kappa shape index (κ3) is 6.32. The van der Waals surface area contributed by atoms with Crippen LogP contribution in [0, 0.1) is 0 Å². The highest BCUT2D eigenvalue weighted by Crippen LogP contribution is 2.23. The third-order valence-corrected chi connectivity index (χ3v) is 5.96. The molecule has 1 fully saturated rings. The maximum Gasteiger partial charge on any atom is 0.251 e. The lowest BCUT2D eigenvalue weighted by Crippen LogP contribution is -2.40. The van der Waals surface area contributed by atoms with E-state index in [0.717, 1.165) is 36.9 Å². The van der Waals surface area contributed by atoms with Crippen molar-refractivity contribution in [1.82, 2.24) is 15.6 Å². The summed E-state index contributed by atoms with van der Waals surface area (Å²) < 4.78 is 0. The first-order valence-corrected chi connectivity index (χ1v) is 11.3. The lowest BCUT2D eigenvalue weighted by Gasteiger charge is -2.30. The van der Waals surface area contributed by atoms with E-state index in [2.05, 4.69) is 20.9 Å². The van der Waals surface area contributed by atoms with Gasteiger partial charge >= 0.3 is 0 Å². The Hall–Kier alpha value is -3.87. The van der Waals surface area contributed by atoms with Gasteiger partial charge in [-0.05, 0) is 91.9 Å². The number of nitrogens with zero attached hydrogens (tertiary/aromatic N) is 1. The Labute approximate surface area is 193 Å². The number of nitrogen functional groups attached to an aromatic ring is 1. The first-order valence-electron chi connectivity index (χ1n) is 11.3. The molecule has 1 saturated carbocycles. The second-order valence-corrected chi connectivity index (χ2v) is 8.40. The summed E-state index contributed by atoms with van der Waals surface area (Å²) in [6, 6.07) is 18.8. The van der Waals surface area contributed by atoms with Gasteiger partial charge in [0.05, 0.1) is 0 Å². The van der Waals surface area contributed by atoms with E-state index in [0.29, 0.717) is 29.4 Å². The lowest BCUT2D eigenvalue weighted by molar-refractivity contribution is 0.0924. The van der Waals surface area contributed by atoms with E-state index in [9.17, 15) is 9.59 Å². The van der Waals surface area contributed by atoms with Gasteiger partial charge in [-0.3, -0.25) is 14.6 Å². The number of amides is 2. The molecule has 0 aliphatic heterocycles. The number of nitrogens with one attached hydrogen (secondary N) is 3. The van der Waals surface area contributed by atoms with Crippen LogP contribution in [0.3, 0.4) is 0 Å². The molecule has 7 nitrogen and oxygen atoms in total. The molecule has 1 aliphatic rings. The SMILES string of the molecule is Nc1ccc(C(=O)NC2CCC(Nc3ccc(C(=O)NCc4ccncc4)cc3)CC2)cc1. The predicted molar refractivity (Wildman–Crippen MR) is 130 cm³/mol. The van der Waals surface area contributed by atoms with Crippen LogP contribution in [-0.4, -0.2) is 28.9 Å². The first-order chi connectivity index (χ1) is 16.1. The minimum absolute atomic E-state index is 0.0517. The normalized spacial score (nSPS) is 17.7. The highest BCUT2D eigenvalue weighted by molar-refractivity contribution is 5.95. The Kier molecular flexibility index (Phi) is 7.19. The minimum atomic E-state index is -0.101. The Morgan fingerprint density at radius 1 is 0.788 bits per heavy atom. The number of hydrogen-bond acceptors (Lipinski definition) is 5. The van der Waals surface area contributed by atoms with Crippen molar-refractivity contribution in [3.63, 3.8) is 0 Å². The fourth-order valence-corrected chi connectivity index (χ4v) is 4.02. The molecular formula is C26H29N5O2. The number of aromatic nitrogens is 1. The van der Waals surface area contributed by atoms with Crippen LogP contribution in [0.25, 0.3) is 0 Å². The lowest BCUT2D eigenvalue weighted by atomic mass is 9.90. The van der Waals surface area contributed by atoms with Crippen molar-refractivity contribution in [2.45, 2.75) is 44.3 Å². The molecule has 0 saturated heterocycles. The van der Waals surface area contributed by atoms with Crippen LogP contribution in [0.2, 0.25) is 0 Å². The molecule has 170 valence electrons. The van der Waals surface area contributed by atoms with Crippen molar-refractivity contribution in [1.29, 1.82) is 0 Å². The molecule has 4 rings (SSSR count). The van der Waals surface area contributed by atoms with Gasteiger partial charge in [0.25, 0.3) is 11.8 Å². The number of pyridine rings is 1. The van der Waals surface area contributed by atoms with E-state index < -0.39 is 0 Å². The van der Waals surface area contributed by atoms with Crippen molar-refractivity contribution >= 4 is 23.2 Å². The number of nitrogens with two attached hydrogens (primary N) is 1. The van der Waals surface area contributed by atoms with Gasteiger partial charge in [-0.2, -0.15) is 0 Å². The van der Waals surface area contributed by atoms with E-state index in [4.69, 9.17) is 5.73 Å². The van der Waals surface area contributed by atoms with Gasteiger partial charge in [0.15, 0.2) is 0 Å². The van der Waals surface area contributed by atoms with Crippen LogP contribution in [-0.2, 0) is 6.54 Å². The predicted octanol–water partition coefficient (Wildman–Crippen LogP) is 3.75. The molecular weight excluding hydrogens is 414 g/mol.